The van der Waals surface area contributed by atoms with Crippen molar-refractivity contribution in [3.8, 4) is 17.0 Å². The zero-order valence-corrected chi connectivity index (χ0v) is 19.2. The number of rotatable bonds is 5. The van der Waals surface area contributed by atoms with Gasteiger partial charge in [-0.1, -0.05) is 0 Å². The Hall–Kier alpha value is -3.53. The Kier molecular flexibility index (Phi) is 5.81. The van der Waals surface area contributed by atoms with Gasteiger partial charge in [0.15, 0.2) is 17.4 Å². The molecule has 0 radical (unpaired) electrons. The molecule has 6 rings (SSSR count). The van der Waals surface area contributed by atoms with Crippen LogP contribution in [-0.2, 0) is 4.74 Å². The van der Waals surface area contributed by atoms with E-state index in [2.05, 4.69) is 30.1 Å². The van der Waals surface area contributed by atoms with Gasteiger partial charge < -0.3 is 24.6 Å². The van der Waals surface area contributed by atoms with E-state index in [-0.39, 0.29) is 17.4 Å². The highest BCUT2D eigenvalue weighted by molar-refractivity contribution is 5.73. The maximum absolute atomic E-state index is 15.0. The number of ether oxygens (including phenoxy) is 2. The van der Waals surface area contributed by atoms with E-state index < -0.39 is 11.6 Å². The zero-order valence-electron chi connectivity index (χ0n) is 19.2. The van der Waals surface area contributed by atoms with Crippen LogP contribution in [-0.4, -0.2) is 60.4 Å². The number of halogens is 2. The normalized spacial score (nSPS) is 18.0. The highest BCUT2D eigenvalue weighted by atomic mass is 19.1. The predicted octanol–water partition coefficient (Wildman–Crippen LogP) is 4.15. The average Bonchev–Trinajstić information content (AvgIpc) is 2.85. The molecule has 0 unspecified atom stereocenters. The summed E-state index contributed by atoms with van der Waals surface area (Å²) in [6, 6.07) is 7.18. The summed E-state index contributed by atoms with van der Waals surface area (Å²) in [6.45, 7) is 4.15. The SMILES string of the molecule is Fc1cnc(Nc2ccc(N3CCOCC3)cn2)nc1-c1cc(F)c2c(c1)N(C1CCC1)CCO2. The summed E-state index contributed by atoms with van der Waals surface area (Å²) in [5, 5.41) is 3.02. The fourth-order valence-electron chi connectivity index (χ4n) is 4.73. The minimum atomic E-state index is -0.627. The summed E-state index contributed by atoms with van der Waals surface area (Å²) in [5.74, 6) is -0.213. The van der Waals surface area contributed by atoms with E-state index in [1.165, 1.54) is 6.07 Å². The van der Waals surface area contributed by atoms with Gasteiger partial charge >= 0.3 is 0 Å². The Labute approximate surface area is 201 Å². The molecule has 182 valence electrons. The molecule has 35 heavy (non-hydrogen) atoms. The minimum Gasteiger partial charge on any atom is -0.486 e. The second-order valence-electron chi connectivity index (χ2n) is 8.95. The predicted molar refractivity (Wildman–Crippen MR) is 128 cm³/mol. The van der Waals surface area contributed by atoms with Gasteiger partial charge in [-0.3, -0.25) is 0 Å². The Morgan fingerprint density at radius 1 is 0.943 bits per heavy atom. The molecule has 0 spiro atoms. The maximum Gasteiger partial charge on any atom is 0.229 e. The van der Waals surface area contributed by atoms with Crippen molar-refractivity contribution in [3.05, 3.63) is 48.3 Å². The summed E-state index contributed by atoms with van der Waals surface area (Å²) >= 11 is 0. The number of anilines is 4. The molecule has 0 bridgehead atoms. The van der Waals surface area contributed by atoms with Gasteiger partial charge in [-0.15, -0.1) is 0 Å². The smallest absolute Gasteiger partial charge is 0.229 e. The largest absolute Gasteiger partial charge is 0.486 e. The number of nitrogens with zero attached hydrogens (tertiary/aromatic N) is 5. The lowest BCUT2D eigenvalue weighted by atomic mass is 9.90. The highest BCUT2D eigenvalue weighted by Crippen LogP contribution is 2.42. The van der Waals surface area contributed by atoms with Crippen LogP contribution in [0.25, 0.3) is 11.3 Å². The lowest BCUT2D eigenvalue weighted by Gasteiger charge is -2.42. The summed E-state index contributed by atoms with van der Waals surface area (Å²) in [4.78, 5) is 17.2. The van der Waals surface area contributed by atoms with E-state index in [1.54, 1.807) is 12.3 Å². The first-order chi connectivity index (χ1) is 17.2. The van der Waals surface area contributed by atoms with Crippen LogP contribution in [0.3, 0.4) is 0 Å². The van der Waals surface area contributed by atoms with Crippen molar-refractivity contribution < 1.29 is 18.3 Å². The van der Waals surface area contributed by atoms with Gasteiger partial charge in [0, 0.05) is 24.7 Å². The van der Waals surface area contributed by atoms with Crippen LogP contribution < -0.4 is 19.9 Å². The molecular formula is C25H26F2N6O2. The van der Waals surface area contributed by atoms with E-state index in [0.717, 1.165) is 44.2 Å². The second kappa shape index (κ2) is 9.26. The Bertz CT molecular complexity index is 1220. The van der Waals surface area contributed by atoms with Gasteiger partial charge in [-0.25, -0.2) is 23.7 Å². The van der Waals surface area contributed by atoms with Gasteiger partial charge in [-0.2, -0.15) is 0 Å². The van der Waals surface area contributed by atoms with E-state index in [1.807, 2.05) is 12.1 Å². The van der Waals surface area contributed by atoms with E-state index in [0.29, 0.717) is 49.5 Å². The van der Waals surface area contributed by atoms with Crippen molar-refractivity contribution in [3.63, 3.8) is 0 Å². The number of pyridine rings is 1. The first kappa shape index (κ1) is 22.0. The third-order valence-electron chi connectivity index (χ3n) is 6.81. The van der Waals surface area contributed by atoms with Crippen LogP contribution in [0.1, 0.15) is 19.3 Å². The summed E-state index contributed by atoms with van der Waals surface area (Å²) in [7, 11) is 0. The lowest BCUT2D eigenvalue weighted by molar-refractivity contribution is 0.122. The molecule has 2 aromatic heterocycles. The third kappa shape index (κ3) is 4.34. The van der Waals surface area contributed by atoms with E-state index >= 15 is 0 Å². The Morgan fingerprint density at radius 3 is 2.54 bits per heavy atom. The van der Waals surface area contributed by atoms with Crippen molar-refractivity contribution in [2.45, 2.75) is 25.3 Å². The topological polar surface area (TPSA) is 75.6 Å². The fraction of sp³-hybridized carbons (Fsp3) is 0.400. The molecule has 3 aromatic rings. The molecule has 0 atom stereocenters. The van der Waals surface area contributed by atoms with Crippen LogP contribution in [0.15, 0.2) is 36.7 Å². The number of hydrogen-bond donors (Lipinski definition) is 1. The van der Waals surface area contributed by atoms with E-state index in [9.17, 15) is 8.78 Å². The van der Waals surface area contributed by atoms with Crippen molar-refractivity contribution in [1.29, 1.82) is 0 Å². The standard InChI is InChI=1S/C25H26F2N6O2/c26-19-12-16(13-21-24(19)35-11-8-33(21)17-2-1-3-17)23-20(27)15-29-25(31-23)30-22-5-4-18(14-28-22)32-6-9-34-10-7-32/h4-5,12-15,17H,1-3,6-11H2,(H,28,29,30,31). The molecule has 0 amide bonds. The van der Waals surface area contributed by atoms with Gasteiger partial charge in [0.05, 0.1) is 43.5 Å². The number of morpholine rings is 1. The van der Waals surface area contributed by atoms with Crippen LogP contribution in [0.2, 0.25) is 0 Å². The number of fused-ring (bicyclic) bond motifs is 1. The quantitative estimate of drug-likeness (QED) is 0.584. The molecule has 2 aliphatic heterocycles. The average molecular weight is 481 g/mol. The van der Waals surface area contributed by atoms with Gasteiger partial charge in [-0.05, 0) is 43.5 Å². The van der Waals surface area contributed by atoms with Crippen molar-refractivity contribution >= 4 is 23.1 Å². The molecule has 3 aliphatic rings. The molecular weight excluding hydrogens is 454 g/mol. The Balaban J connectivity index is 1.26. The molecule has 1 aromatic carbocycles. The highest BCUT2D eigenvalue weighted by Gasteiger charge is 2.31. The lowest BCUT2D eigenvalue weighted by Crippen LogP contribution is -2.44. The van der Waals surface area contributed by atoms with Crippen LogP contribution >= 0.6 is 0 Å². The van der Waals surface area contributed by atoms with Crippen LogP contribution in [0.4, 0.5) is 31.9 Å². The monoisotopic (exact) mass is 480 g/mol. The van der Waals surface area contributed by atoms with Gasteiger partial charge in [0.1, 0.15) is 18.1 Å². The molecule has 1 saturated heterocycles. The van der Waals surface area contributed by atoms with Crippen LogP contribution in [0, 0.1) is 11.6 Å². The second-order valence-corrected chi connectivity index (χ2v) is 8.95. The van der Waals surface area contributed by atoms with E-state index in [4.69, 9.17) is 9.47 Å². The molecule has 4 heterocycles. The number of aromatic nitrogens is 3. The summed E-state index contributed by atoms with van der Waals surface area (Å²) < 4.78 is 40.8. The van der Waals surface area contributed by atoms with Gasteiger partial charge in [0.2, 0.25) is 5.95 Å². The zero-order chi connectivity index (χ0) is 23.8. The number of benzene rings is 1. The molecule has 1 aliphatic carbocycles. The molecule has 8 nitrogen and oxygen atoms in total. The minimum absolute atomic E-state index is 0.0215. The van der Waals surface area contributed by atoms with Crippen molar-refractivity contribution in [2.24, 2.45) is 0 Å². The number of hydrogen-bond acceptors (Lipinski definition) is 8. The summed E-state index contributed by atoms with van der Waals surface area (Å²) in [5.41, 5.74) is 2.02. The van der Waals surface area contributed by atoms with Gasteiger partial charge in [0.25, 0.3) is 0 Å². The van der Waals surface area contributed by atoms with Crippen molar-refractivity contribution in [2.75, 3.05) is 54.6 Å². The first-order valence-corrected chi connectivity index (χ1v) is 12.0. The van der Waals surface area contributed by atoms with Crippen LogP contribution in [0.5, 0.6) is 5.75 Å². The first-order valence-electron chi connectivity index (χ1n) is 12.0. The Morgan fingerprint density at radius 2 is 1.80 bits per heavy atom. The third-order valence-corrected chi connectivity index (χ3v) is 6.81. The molecule has 2 fully saturated rings. The maximum atomic E-state index is 15.0. The molecule has 1 saturated carbocycles. The number of nitrogens with one attached hydrogen (secondary N) is 1. The molecule has 1 N–H and O–H groups in total. The molecule has 10 heteroatoms. The van der Waals surface area contributed by atoms with Crippen molar-refractivity contribution in [1.82, 2.24) is 15.0 Å². The summed E-state index contributed by atoms with van der Waals surface area (Å²) in [6.07, 6.45) is 6.16. The fourth-order valence-corrected chi connectivity index (χ4v) is 4.73.